The molecule has 2 N–H and O–H groups in total. The summed E-state index contributed by atoms with van der Waals surface area (Å²) in [6, 6.07) is 8.03. The highest BCUT2D eigenvalue weighted by Crippen LogP contribution is 2.16. The molecule has 0 atom stereocenters. The number of rotatable bonds is 6. The van der Waals surface area contributed by atoms with Crippen LogP contribution in [-0.2, 0) is 16.1 Å². The minimum Gasteiger partial charge on any atom is -0.379 e. The van der Waals surface area contributed by atoms with E-state index >= 15 is 0 Å². The largest absolute Gasteiger partial charge is 0.379 e. The maximum Gasteiger partial charge on any atom is 0.225 e. The van der Waals surface area contributed by atoms with Gasteiger partial charge in [0.25, 0.3) is 0 Å². The van der Waals surface area contributed by atoms with E-state index in [4.69, 9.17) is 4.74 Å². The Kier molecular flexibility index (Phi) is 10.9. The summed E-state index contributed by atoms with van der Waals surface area (Å²) < 4.78 is 5.35. The summed E-state index contributed by atoms with van der Waals surface area (Å²) in [5.41, 5.74) is 1.97. The van der Waals surface area contributed by atoms with E-state index < -0.39 is 0 Å². The van der Waals surface area contributed by atoms with Gasteiger partial charge in [0.1, 0.15) is 0 Å². The second-order valence-electron chi connectivity index (χ2n) is 8.02. The molecule has 0 radical (unpaired) electrons. The first-order chi connectivity index (χ1) is 14.1. The predicted octanol–water partition coefficient (Wildman–Crippen LogP) is 2.77. The fourth-order valence-electron chi connectivity index (χ4n) is 3.80. The maximum absolute atomic E-state index is 12.3. The summed E-state index contributed by atoms with van der Waals surface area (Å²) in [6.07, 6.45) is 2.93. The van der Waals surface area contributed by atoms with Crippen LogP contribution in [0.3, 0.4) is 0 Å². The molecule has 168 valence electrons. The number of piperidine rings is 1. The molecule has 0 unspecified atom stereocenters. The Morgan fingerprint density at radius 1 is 1.20 bits per heavy atom. The molecule has 2 saturated heterocycles. The summed E-state index contributed by atoms with van der Waals surface area (Å²) >= 11 is 0. The smallest absolute Gasteiger partial charge is 0.225 e. The molecule has 0 aliphatic carbocycles. The van der Waals surface area contributed by atoms with E-state index in [-0.39, 0.29) is 29.9 Å². The second kappa shape index (κ2) is 13.1. The molecule has 8 heteroatoms. The van der Waals surface area contributed by atoms with E-state index in [0.717, 1.165) is 69.1 Å². The molecule has 0 spiro atoms. The first kappa shape index (κ1) is 24.9. The standard InChI is InChI=1S/C22H35N5O2.HI/c1-18-6-10-27(11-7-18)22(23-2)24-17-19-4-3-5-20(16-19)25-21(28)8-9-26-12-14-29-15-13-26;/h3-5,16,18H,6-15,17H2,1-2H3,(H,23,24)(H,25,28);1H. The zero-order valence-electron chi connectivity index (χ0n) is 18.2. The van der Waals surface area contributed by atoms with Crippen molar-refractivity contribution in [2.45, 2.75) is 32.7 Å². The van der Waals surface area contributed by atoms with E-state index in [2.05, 4.69) is 38.4 Å². The maximum atomic E-state index is 12.3. The van der Waals surface area contributed by atoms with Gasteiger partial charge in [-0.25, -0.2) is 0 Å². The molecule has 3 rings (SSSR count). The number of guanidine groups is 1. The molecule has 0 saturated carbocycles. The van der Waals surface area contributed by atoms with Gasteiger partial charge in [-0.3, -0.25) is 14.7 Å². The van der Waals surface area contributed by atoms with Crippen LogP contribution in [0.1, 0.15) is 31.7 Å². The van der Waals surface area contributed by atoms with E-state index in [0.29, 0.717) is 13.0 Å². The van der Waals surface area contributed by atoms with Gasteiger partial charge in [0.15, 0.2) is 5.96 Å². The number of aliphatic imine (C=N–C) groups is 1. The zero-order chi connectivity index (χ0) is 20.5. The summed E-state index contributed by atoms with van der Waals surface area (Å²) in [5, 5.41) is 6.49. The Labute approximate surface area is 197 Å². The number of nitrogens with zero attached hydrogens (tertiary/aromatic N) is 3. The molecular weight excluding hydrogens is 493 g/mol. The lowest BCUT2D eigenvalue weighted by molar-refractivity contribution is -0.116. The number of anilines is 1. The number of halogens is 1. The first-order valence-corrected chi connectivity index (χ1v) is 10.8. The highest BCUT2D eigenvalue weighted by atomic mass is 127. The van der Waals surface area contributed by atoms with Crippen LogP contribution in [0.25, 0.3) is 0 Å². The van der Waals surface area contributed by atoms with Gasteiger partial charge in [0.2, 0.25) is 5.91 Å². The number of likely N-dealkylation sites (tertiary alicyclic amines) is 1. The van der Waals surface area contributed by atoms with Crippen molar-refractivity contribution in [3.8, 4) is 0 Å². The molecule has 1 aromatic carbocycles. The third-order valence-corrected chi connectivity index (χ3v) is 5.72. The molecule has 1 amide bonds. The van der Waals surface area contributed by atoms with Gasteiger partial charge in [-0.1, -0.05) is 19.1 Å². The van der Waals surface area contributed by atoms with Crippen LogP contribution in [0.2, 0.25) is 0 Å². The fourth-order valence-corrected chi connectivity index (χ4v) is 3.80. The molecule has 2 fully saturated rings. The molecule has 2 aliphatic rings. The number of morpholine rings is 1. The summed E-state index contributed by atoms with van der Waals surface area (Å²) in [7, 11) is 1.84. The monoisotopic (exact) mass is 529 g/mol. The normalized spacial score (nSPS) is 18.6. The van der Waals surface area contributed by atoms with E-state index in [1.54, 1.807) is 0 Å². The van der Waals surface area contributed by atoms with Crippen LogP contribution in [0.4, 0.5) is 5.69 Å². The Hall–Kier alpha value is -1.39. The van der Waals surface area contributed by atoms with Crippen LogP contribution in [0.15, 0.2) is 29.3 Å². The molecule has 30 heavy (non-hydrogen) atoms. The van der Waals surface area contributed by atoms with E-state index in [1.165, 1.54) is 12.8 Å². The lowest BCUT2D eigenvalue weighted by Gasteiger charge is -2.33. The third-order valence-electron chi connectivity index (χ3n) is 5.72. The van der Waals surface area contributed by atoms with Gasteiger partial charge in [0, 0.05) is 58.4 Å². The molecule has 0 bridgehead atoms. The topological polar surface area (TPSA) is 69.2 Å². The van der Waals surface area contributed by atoms with Crippen LogP contribution in [0, 0.1) is 5.92 Å². The minimum atomic E-state index is 0. The number of nitrogens with one attached hydrogen (secondary N) is 2. The van der Waals surface area contributed by atoms with Gasteiger partial charge in [0.05, 0.1) is 13.2 Å². The molecule has 2 aliphatic heterocycles. The van der Waals surface area contributed by atoms with Crippen molar-refractivity contribution in [3.63, 3.8) is 0 Å². The number of ether oxygens (including phenoxy) is 1. The molecular formula is C22H36IN5O2. The van der Waals surface area contributed by atoms with Gasteiger partial charge < -0.3 is 20.3 Å². The van der Waals surface area contributed by atoms with Crippen molar-refractivity contribution in [3.05, 3.63) is 29.8 Å². The van der Waals surface area contributed by atoms with Crippen LogP contribution in [0.5, 0.6) is 0 Å². The predicted molar refractivity (Wildman–Crippen MR) is 133 cm³/mol. The quantitative estimate of drug-likeness (QED) is 0.337. The number of hydrogen-bond acceptors (Lipinski definition) is 4. The molecule has 7 nitrogen and oxygen atoms in total. The highest BCUT2D eigenvalue weighted by molar-refractivity contribution is 14.0. The minimum absolute atomic E-state index is 0. The summed E-state index contributed by atoms with van der Waals surface area (Å²) in [5.74, 6) is 1.81. The average molecular weight is 529 g/mol. The Morgan fingerprint density at radius 2 is 1.93 bits per heavy atom. The molecule has 2 heterocycles. The fraction of sp³-hybridized carbons (Fsp3) is 0.636. The Bertz CT molecular complexity index is 686. The lowest BCUT2D eigenvalue weighted by atomic mass is 9.99. The third kappa shape index (κ3) is 8.03. The van der Waals surface area contributed by atoms with Crippen molar-refractivity contribution in [1.82, 2.24) is 15.1 Å². The number of carbonyl (C=O) groups excluding carboxylic acids is 1. The lowest BCUT2D eigenvalue weighted by Crippen LogP contribution is -2.45. The van der Waals surface area contributed by atoms with Gasteiger partial charge in [-0.05, 0) is 36.5 Å². The van der Waals surface area contributed by atoms with Crippen molar-refractivity contribution < 1.29 is 9.53 Å². The highest BCUT2D eigenvalue weighted by Gasteiger charge is 2.18. The van der Waals surface area contributed by atoms with Crippen molar-refractivity contribution in [2.24, 2.45) is 10.9 Å². The van der Waals surface area contributed by atoms with Crippen LogP contribution >= 0.6 is 24.0 Å². The van der Waals surface area contributed by atoms with E-state index in [9.17, 15) is 4.79 Å². The zero-order valence-corrected chi connectivity index (χ0v) is 20.6. The molecule has 0 aromatic heterocycles. The van der Waals surface area contributed by atoms with Crippen LogP contribution in [-0.4, -0.2) is 74.7 Å². The second-order valence-corrected chi connectivity index (χ2v) is 8.02. The number of benzene rings is 1. The number of carbonyl (C=O) groups is 1. The van der Waals surface area contributed by atoms with Gasteiger partial charge in [-0.2, -0.15) is 0 Å². The Balaban J connectivity index is 0.00000320. The van der Waals surface area contributed by atoms with E-state index in [1.807, 2.05) is 25.2 Å². The number of amides is 1. The summed E-state index contributed by atoms with van der Waals surface area (Å²) in [6.45, 7) is 9.23. The van der Waals surface area contributed by atoms with Crippen molar-refractivity contribution in [1.29, 1.82) is 0 Å². The number of hydrogen-bond donors (Lipinski definition) is 2. The van der Waals surface area contributed by atoms with Crippen molar-refractivity contribution >= 4 is 41.5 Å². The Morgan fingerprint density at radius 3 is 2.63 bits per heavy atom. The first-order valence-electron chi connectivity index (χ1n) is 10.8. The van der Waals surface area contributed by atoms with Gasteiger partial charge in [-0.15, -0.1) is 24.0 Å². The van der Waals surface area contributed by atoms with Gasteiger partial charge >= 0.3 is 0 Å². The summed E-state index contributed by atoms with van der Waals surface area (Å²) in [4.78, 5) is 21.3. The average Bonchev–Trinajstić information content (AvgIpc) is 2.75. The van der Waals surface area contributed by atoms with Crippen molar-refractivity contribution in [2.75, 3.05) is 58.3 Å². The van der Waals surface area contributed by atoms with Crippen LogP contribution < -0.4 is 10.6 Å². The SMILES string of the molecule is CN=C(NCc1cccc(NC(=O)CCN2CCOCC2)c1)N1CCC(C)CC1.I. The molecule has 1 aromatic rings.